The van der Waals surface area contributed by atoms with E-state index in [9.17, 15) is 24.3 Å². The van der Waals surface area contributed by atoms with E-state index in [1.165, 1.54) is 10.8 Å². The number of aliphatic hydroxyl groups is 2. The van der Waals surface area contributed by atoms with E-state index in [2.05, 4.69) is 60.8 Å². The number of nitrogens with one attached hydrogen (secondary N) is 2. The van der Waals surface area contributed by atoms with Gasteiger partial charge in [0.2, 0.25) is 0 Å². The first-order valence-corrected chi connectivity index (χ1v) is 16.6. The minimum absolute atomic E-state index is 0. The number of terminal acetylenes is 1. The Bertz CT molecular complexity index is 1550. The van der Waals surface area contributed by atoms with Crippen molar-refractivity contribution in [3.05, 3.63) is 65.2 Å². The van der Waals surface area contributed by atoms with Gasteiger partial charge >= 0.3 is 11.4 Å². The number of rotatable bonds is 4. The minimum atomic E-state index is -1.59. The highest BCUT2D eigenvalue weighted by atomic mass is 28.3. The van der Waals surface area contributed by atoms with Crippen molar-refractivity contribution in [2.45, 2.75) is 98.4 Å². The number of H-pyrrole nitrogens is 2. The molecule has 2 saturated heterocycles. The highest BCUT2D eigenvalue weighted by Gasteiger charge is 2.35. The molecule has 232 valence electrons. The van der Waals surface area contributed by atoms with Gasteiger partial charge in [-0.05, 0) is 18.8 Å². The topological polar surface area (TPSA) is 169 Å². The lowest BCUT2D eigenvalue weighted by Crippen LogP contribution is -2.33. The van der Waals surface area contributed by atoms with Crippen LogP contribution in [-0.4, -0.2) is 62.3 Å². The minimum Gasteiger partial charge on any atom is -0.394 e. The molecule has 0 aromatic carbocycles. The fourth-order valence-corrected chi connectivity index (χ4v) is 4.94. The summed E-state index contributed by atoms with van der Waals surface area (Å²) in [5, 5.41) is 18.5. The molecule has 0 amide bonds. The van der Waals surface area contributed by atoms with E-state index in [1.807, 2.05) is 0 Å². The number of hydrogen-bond donors (Lipinski definition) is 4. The second-order valence-corrected chi connectivity index (χ2v) is 15.7. The van der Waals surface area contributed by atoms with Gasteiger partial charge in [0.1, 0.15) is 37.8 Å². The van der Waals surface area contributed by atoms with E-state index >= 15 is 0 Å². The average molecular weight is 607 g/mol. The molecule has 4 N–H and O–H groups in total. The number of ether oxygens (including phenoxy) is 2. The maximum absolute atomic E-state index is 12.1. The molecule has 4 heterocycles. The molecule has 13 heteroatoms. The van der Waals surface area contributed by atoms with Gasteiger partial charge in [-0.3, -0.25) is 28.7 Å². The molecule has 0 spiro atoms. The number of aromatic amines is 2. The summed E-state index contributed by atoms with van der Waals surface area (Å²) >= 11 is 0. The highest BCUT2D eigenvalue weighted by Crippen LogP contribution is 2.33. The Kier molecular flexibility index (Phi) is 13.2. The molecule has 6 atom stereocenters. The van der Waals surface area contributed by atoms with Crippen molar-refractivity contribution in [3.63, 3.8) is 0 Å². The van der Waals surface area contributed by atoms with Gasteiger partial charge in [-0.25, -0.2) is 9.59 Å². The van der Waals surface area contributed by atoms with Crippen LogP contribution in [0.2, 0.25) is 19.6 Å². The molecular weight excluding hydrogens is 562 g/mol. The maximum atomic E-state index is 12.1. The summed E-state index contributed by atoms with van der Waals surface area (Å²) in [6.45, 7) is 10.2. The summed E-state index contributed by atoms with van der Waals surface area (Å²) in [6, 6.07) is 0. The molecule has 2 aromatic rings. The molecule has 2 aliphatic rings. The van der Waals surface area contributed by atoms with Crippen LogP contribution < -0.4 is 22.5 Å². The predicted octanol–water partition coefficient (Wildman–Crippen LogP) is 1.53. The Hall–Kier alpha value is -3.46. The molecule has 0 radical (unpaired) electrons. The van der Waals surface area contributed by atoms with Gasteiger partial charge in [0.25, 0.3) is 11.1 Å². The Labute approximate surface area is 246 Å². The van der Waals surface area contributed by atoms with Gasteiger partial charge < -0.3 is 19.7 Å². The maximum Gasteiger partial charge on any atom is 0.330 e. The normalized spacial score (nSPS) is 24.6. The Morgan fingerprint density at radius 2 is 1.45 bits per heavy atom. The fraction of sp³-hybridized carbons (Fsp3) is 0.586. The highest BCUT2D eigenvalue weighted by molar-refractivity contribution is 6.83. The quantitative estimate of drug-likeness (QED) is 0.231. The molecule has 2 fully saturated rings. The average Bonchev–Trinajstić information content (AvgIpc) is 3.44. The third kappa shape index (κ3) is 8.77. The molecule has 0 unspecified atom stereocenters. The van der Waals surface area contributed by atoms with Crippen LogP contribution in [0.15, 0.2) is 31.6 Å². The second-order valence-electron chi connectivity index (χ2n) is 10.9. The lowest BCUT2D eigenvalue weighted by molar-refractivity contribution is -0.0459. The first kappa shape index (κ1) is 36.6. The van der Waals surface area contributed by atoms with E-state index < -0.39 is 49.0 Å². The van der Waals surface area contributed by atoms with Gasteiger partial charge in [0.15, 0.2) is 0 Å². The van der Waals surface area contributed by atoms with Crippen LogP contribution in [0, 0.1) is 29.7 Å². The molecular formula is C29H44N4O8Si. The van der Waals surface area contributed by atoms with Gasteiger partial charge in [-0.2, -0.15) is 0 Å². The lowest BCUT2D eigenvalue weighted by atomic mass is 10.0. The van der Waals surface area contributed by atoms with E-state index in [0.29, 0.717) is 11.5 Å². The summed E-state index contributed by atoms with van der Waals surface area (Å²) in [6.07, 6.45) is 7.17. The third-order valence-electron chi connectivity index (χ3n) is 6.61. The summed E-state index contributed by atoms with van der Waals surface area (Å²) in [5.41, 5.74) is 1.32. The zero-order valence-corrected chi connectivity index (χ0v) is 24.3. The summed E-state index contributed by atoms with van der Waals surface area (Å²) in [4.78, 5) is 51.3. The SMILES string of the molecule is C.C.C#[13C]c1cn([C@H]2C[C@@H](O)[C@@H](CO)O2)c(=O)[nH]c1=O.CC[C@H]1O[C@@H](n2cc([13C]#C[Si](C)(C)C)c(=O)[nH]c2=O)C[C@H]1C. The number of hydrogen-bond acceptors (Lipinski definition) is 8. The molecule has 0 saturated carbocycles. The first-order valence-electron chi connectivity index (χ1n) is 13.1. The van der Waals surface area contributed by atoms with Gasteiger partial charge in [0, 0.05) is 18.8 Å². The van der Waals surface area contributed by atoms with Crippen molar-refractivity contribution in [1.29, 1.82) is 0 Å². The zero-order chi connectivity index (χ0) is 29.8. The Balaban J connectivity index is 0.000000408. The van der Waals surface area contributed by atoms with Crippen LogP contribution >= 0.6 is 0 Å². The Morgan fingerprint density at radius 1 is 0.952 bits per heavy atom. The van der Waals surface area contributed by atoms with Crippen molar-refractivity contribution in [2.24, 2.45) is 5.92 Å². The van der Waals surface area contributed by atoms with Crippen molar-refractivity contribution < 1.29 is 19.7 Å². The lowest BCUT2D eigenvalue weighted by Gasteiger charge is -2.15. The predicted molar refractivity (Wildman–Crippen MR) is 164 cm³/mol. The standard InChI is InChI=1S/C16H24N2O3Si.C11H12N2O5.2CH4/c1-6-13-11(2)9-14(21-13)18-10-12(7-8-22(3,4)5)15(19)17-16(18)20;1-2-6-4-13(11(17)12-10(6)16)9-3-7(15)8(5-14)18-9;;/h10-11,13-14H,6,9H2,1-5H3,(H,17,19,20);1,4,7-9,14-15H,3,5H2,(H,12,16,17);2*1H4/t11-,13-,14-;7-,8-,9-;;/m11../s1/i7+1;2+1;;. The smallest absolute Gasteiger partial charge is 0.330 e. The molecule has 2 aliphatic heterocycles. The van der Waals surface area contributed by atoms with Crippen molar-refractivity contribution >= 4 is 8.07 Å². The van der Waals surface area contributed by atoms with Crippen LogP contribution in [0.3, 0.4) is 0 Å². The molecule has 12 nitrogen and oxygen atoms in total. The first-order chi connectivity index (χ1) is 18.8. The van der Waals surface area contributed by atoms with Gasteiger partial charge in [-0.15, -0.1) is 12.0 Å². The van der Waals surface area contributed by atoms with Gasteiger partial charge in [-0.1, -0.05) is 60.2 Å². The number of aliphatic hydroxyl groups excluding tert-OH is 2. The van der Waals surface area contributed by atoms with E-state index in [-0.39, 0.29) is 45.8 Å². The third-order valence-corrected chi connectivity index (χ3v) is 7.49. The fourth-order valence-electron chi connectivity index (χ4n) is 4.43. The van der Waals surface area contributed by atoms with Crippen LogP contribution in [-0.2, 0) is 9.47 Å². The number of nitrogens with zero attached hydrogens (tertiary/aromatic N) is 2. The largest absolute Gasteiger partial charge is 0.394 e. The number of aromatic nitrogens is 4. The molecule has 0 aliphatic carbocycles. The van der Waals surface area contributed by atoms with E-state index in [4.69, 9.17) is 21.0 Å². The van der Waals surface area contributed by atoms with Crippen LogP contribution in [0.25, 0.3) is 0 Å². The summed E-state index contributed by atoms with van der Waals surface area (Å²) in [5.74, 6) is 5.48. The van der Waals surface area contributed by atoms with Crippen LogP contribution in [0.5, 0.6) is 0 Å². The summed E-state index contributed by atoms with van der Waals surface area (Å²) in [7, 11) is -1.59. The second kappa shape index (κ2) is 15.1. The van der Waals surface area contributed by atoms with E-state index in [1.54, 1.807) is 6.20 Å². The van der Waals surface area contributed by atoms with Crippen molar-refractivity contribution in [1.82, 2.24) is 19.1 Å². The van der Waals surface area contributed by atoms with E-state index in [0.717, 1.165) is 17.4 Å². The van der Waals surface area contributed by atoms with Gasteiger partial charge in [0.05, 0.1) is 18.8 Å². The van der Waals surface area contributed by atoms with Crippen LogP contribution in [0.4, 0.5) is 0 Å². The molecule has 4 rings (SSSR count). The summed E-state index contributed by atoms with van der Waals surface area (Å²) < 4.78 is 13.8. The van der Waals surface area contributed by atoms with Crippen molar-refractivity contribution in [3.8, 4) is 23.8 Å². The molecule has 2 aromatic heterocycles. The zero-order valence-electron chi connectivity index (χ0n) is 23.3. The molecule has 42 heavy (non-hydrogen) atoms. The Morgan fingerprint density at radius 3 is 1.90 bits per heavy atom. The van der Waals surface area contributed by atoms with Crippen molar-refractivity contribution in [2.75, 3.05) is 6.61 Å². The monoisotopic (exact) mass is 606 g/mol. The van der Waals surface area contributed by atoms with Crippen LogP contribution in [0.1, 0.15) is 71.5 Å². The molecule has 0 bridgehead atoms.